The van der Waals surface area contributed by atoms with E-state index < -0.39 is 10.1 Å². The maximum absolute atomic E-state index is 12.4. The van der Waals surface area contributed by atoms with Crippen molar-refractivity contribution in [3.8, 4) is 0 Å². The Morgan fingerprint density at radius 2 is 1.73 bits per heavy atom. The molecule has 2 aromatic rings. The molecule has 0 saturated heterocycles. The van der Waals surface area contributed by atoms with Gasteiger partial charge < -0.3 is 4.55 Å². The summed E-state index contributed by atoms with van der Waals surface area (Å²) in [7, 11) is -4.33. The second-order valence-electron chi connectivity index (χ2n) is 4.77. The Balaban J connectivity index is 0.000000235. The zero-order valence-corrected chi connectivity index (χ0v) is 14.7. The van der Waals surface area contributed by atoms with Crippen molar-refractivity contribution in [1.29, 1.82) is 0 Å². The molecular formula is C14H16BrFN2O3S. The fourth-order valence-corrected chi connectivity index (χ4v) is 3.15. The van der Waals surface area contributed by atoms with Gasteiger partial charge in [-0.3, -0.25) is 0 Å². The molecule has 22 heavy (non-hydrogen) atoms. The molecule has 8 heteroatoms. The standard InChI is InChI=1S/C9H12O3S.C5H5BrFN2/c1-6-4-7(2)9(8(3)5-6)13(10,11)12;6-4-1-2-9(8)3-5(4)7/h4-5H,1-3H3,(H,10,11,12);1-3H,8H2/q;+1/p-1. The lowest BCUT2D eigenvalue weighted by Gasteiger charge is -2.14. The van der Waals surface area contributed by atoms with Crippen molar-refractivity contribution in [1.82, 2.24) is 0 Å². The molecule has 0 spiro atoms. The molecule has 0 unspecified atom stereocenters. The minimum absolute atomic E-state index is 0.0851. The van der Waals surface area contributed by atoms with Crippen LogP contribution in [0, 0.1) is 26.6 Å². The van der Waals surface area contributed by atoms with Gasteiger partial charge in [0.15, 0.2) is 0 Å². The third-order valence-corrected chi connectivity index (χ3v) is 4.53. The van der Waals surface area contributed by atoms with Crippen LogP contribution in [0.3, 0.4) is 0 Å². The molecule has 0 aliphatic carbocycles. The number of nitrogen functional groups attached to an aromatic ring is 1. The lowest BCUT2D eigenvalue weighted by Crippen LogP contribution is -2.43. The number of pyridine rings is 1. The maximum Gasteiger partial charge on any atom is 0.235 e. The fourth-order valence-electron chi connectivity index (χ4n) is 2.03. The monoisotopic (exact) mass is 390 g/mol. The Morgan fingerprint density at radius 1 is 1.23 bits per heavy atom. The van der Waals surface area contributed by atoms with E-state index in [9.17, 15) is 17.4 Å². The first-order chi connectivity index (χ1) is 10.0. The first-order valence-corrected chi connectivity index (χ1v) is 8.37. The molecule has 0 amide bonds. The summed E-state index contributed by atoms with van der Waals surface area (Å²) in [6.45, 7) is 5.12. The summed E-state index contributed by atoms with van der Waals surface area (Å²) in [6.07, 6.45) is 2.73. The van der Waals surface area contributed by atoms with Crippen molar-refractivity contribution in [2.45, 2.75) is 25.7 Å². The summed E-state index contributed by atoms with van der Waals surface area (Å²) in [5.74, 6) is 4.82. The molecule has 0 bridgehead atoms. The highest BCUT2D eigenvalue weighted by Crippen LogP contribution is 2.20. The normalized spacial score (nSPS) is 10.8. The third kappa shape index (κ3) is 5.04. The van der Waals surface area contributed by atoms with Gasteiger partial charge in [0.2, 0.25) is 18.2 Å². The summed E-state index contributed by atoms with van der Waals surface area (Å²) >= 11 is 2.99. The summed E-state index contributed by atoms with van der Waals surface area (Å²) in [4.78, 5) is -0.0851. The molecule has 0 saturated carbocycles. The van der Waals surface area contributed by atoms with E-state index in [1.807, 2.05) is 6.92 Å². The van der Waals surface area contributed by atoms with E-state index in [4.69, 9.17) is 5.84 Å². The van der Waals surface area contributed by atoms with Gasteiger partial charge in [-0.2, -0.15) is 4.39 Å². The summed E-state index contributed by atoms with van der Waals surface area (Å²) < 4.78 is 46.5. The van der Waals surface area contributed by atoms with Gasteiger partial charge in [-0.15, -0.1) is 0 Å². The second-order valence-corrected chi connectivity index (χ2v) is 6.94. The van der Waals surface area contributed by atoms with Crippen molar-refractivity contribution < 1.29 is 22.0 Å². The molecular weight excluding hydrogens is 375 g/mol. The Labute approximate surface area is 137 Å². The van der Waals surface area contributed by atoms with Crippen molar-refractivity contribution in [3.63, 3.8) is 0 Å². The Kier molecular flexibility index (Phi) is 6.04. The SMILES string of the molecule is Cc1cc(C)c(S(=O)(=O)[O-])c(C)c1.N[n+]1ccc(Br)c(F)c1. The van der Waals surface area contributed by atoms with Crippen molar-refractivity contribution in [3.05, 3.63) is 57.6 Å². The van der Waals surface area contributed by atoms with Crippen LogP contribution < -0.4 is 10.5 Å². The number of benzene rings is 1. The largest absolute Gasteiger partial charge is 0.744 e. The van der Waals surface area contributed by atoms with Gasteiger partial charge in [0, 0.05) is 6.07 Å². The van der Waals surface area contributed by atoms with Gasteiger partial charge in [0.1, 0.15) is 10.1 Å². The number of rotatable bonds is 1. The van der Waals surface area contributed by atoms with Gasteiger partial charge >= 0.3 is 0 Å². The summed E-state index contributed by atoms with van der Waals surface area (Å²) in [6, 6.07) is 4.92. The predicted octanol–water partition coefficient (Wildman–Crippen LogP) is 2.11. The number of halogens is 2. The predicted molar refractivity (Wildman–Crippen MR) is 83.1 cm³/mol. The molecule has 1 aromatic heterocycles. The molecule has 0 atom stereocenters. The molecule has 1 aromatic carbocycles. The van der Waals surface area contributed by atoms with Crippen LogP contribution in [0.15, 0.2) is 40.0 Å². The Hall–Kier alpha value is -1.51. The van der Waals surface area contributed by atoms with E-state index >= 15 is 0 Å². The van der Waals surface area contributed by atoms with E-state index in [-0.39, 0.29) is 10.7 Å². The molecule has 120 valence electrons. The zero-order chi connectivity index (χ0) is 17.1. The number of hydrogen-bond acceptors (Lipinski definition) is 4. The molecule has 0 fully saturated rings. The Bertz CT molecular complexity index is 772. The average Bonchev–Trinajstić information content (AvgIpc) is 2.31. The molecule has 0 aliphatic heterocycles. The highest BCUT2D eigenvalue weighted by Gasteiger charge is 2.09. The highest BCUT2D eigenvalue weighted by molar-refractivity contribution is 9.10. The van der Waals surface area contributed by atoms with E-state index in [0.717, 1.165) is 10.2 Å². The summed E-state index contributed by atoms with van der Waals surface area (Å²) in [5.41, 5.74) is 2.00. The number of aromatic nitrogens is 1. The van der Waals surface area contributed by atoms with Crippen molar-refractivity contribution in [2.24, 2.45) is 0 Å². The minimum atomic E-state index is -4.33. The lowest BCUT2D eigenvalue weighted by atomic mass is 10.1. The first-order valence-electron chi connectivity index (χ1n) is 6.17. The number of aryl methyl sites for hydroxylation is 3. The lowest BCUT2D eigenvalue weighted by molar-refractivity contribution is -0.640. The highest BCUT2D eigenvalue weighted by atomic mass is 79.9. The molecule has 2 rings (SSSR count). The number of hydrogen-bond donors (Lipinski definition) is 1. The molecule has 0 radical (unpaired) electrons. The molecule has 5 nitrogen and oxygen atoms in total. The van der Waals surface area contributed by atoms with Crippen LogP contribution in [0.4, 0.5) is 4.39 Å². The minimum Gasteiger partial charge on any atom is -0.744 e. The van der Waals surface area contributed by atoms with E-state index in [0.29, 0.717) is 15.6 Å². The van der Waals surface area contributed by atoms with Crippen LogP contribution in [0.5, 0.6) is 0 Å². The van der Waals surface area contributed by atoms with Gasteiger partial charge in [-0.1, -0.05) is 22.4 Å². The van der Waals surface area contributed by atoms with Crippen molar-refractivity contribution in [2.75, 3.05) is 5.84 Å². The smallest absolute Gasteiger partial charge is 0.235 e. The van der Waals surface area contributed by atoms with Gasteiger partial charge in [-0.25, -0.2) is 14.3 Å². The first kappa shape index (κ1) is 18.5. The van der Waals surface area contributed by atoms with Crippen LogP contribution in [-0.4, -0.2) is 13.0 Å². The molecule has 2 N–H and O–H groups in total. The van der Waals surface area contributed by atoms with Gasteiger partial charge in [-0.05, 0) is 47.8 Å². The van der Waals surface area contributed by atoms with E-state index in [2.05, 4.69) is 15.9 Å². The Morgan fingerprint density at radius 3 is 2.09 bits per heavy atom. The van der Waals surface area contributed by atoms with E-state index in [1.165, 1.54) is 12.3 Å². The average molecular weight is 391 g/mol. The molecule has 0 aliphatic rings. The van der Waals surface area contributed by atoms with E-state index in [1.54, 1.807) is 32.2 Å². The van der Waals surface area contributed by atoms with Crippen LogP contribution in [0.2, 0.25) is 0 Å². The topological polar surface area (TPSA) is 87.1 Å². The van der Waals surface area contributed by atoms with Crippen LogP contribution in [-0.2, 0) is 10.1 Å². The zero-order valence-electron chi connectivity index (χ0n) is 12.3. The quantitative estimate of drug-likeness (QED) is 0.458. The third-order valence-electron chi connectivity index (χ3n) is 2.74. The second kappa shape index (κ2) is 7.17. The van der Waals surface area contributed by atoms with Crippen LogP contribution >= 0.6 is 15.9 Å². The number of nitrogens with zero attached hydrogens (tertiary/aromatic N) is 1. The van der Waals surface area contributed by atoms with Crippen molar-refractivity contribution >= 4 is 26.0 Å². The van der Waals surface area contributed by atoms with Crippen LogP contribution in [0.25, 0.3) is 0 Å². The summed E-state index contributed by atoms with van der Waals surface area (Å²) in [5, 5.41) is 0. The fraction of sp³-hybridized carbons (Fsp3) is 0.214. The molecule has 1 heterocycles. The van der Waals surface area contributed by atoms with Gasteiger partial charge in [0.05, 0.1) is 9.37 Å². The van der Waals surface area contributed by atoms with Crippen LogP contribution in [0.1, 0.15) is 16.7 Å². The van der Waals surface area contributed by atoms with Gasteiger partial charge in [0.25, 0.3) is 0 Å². The number of nitrogens with two attached hydrogens (primary N) is 1. The maximum atomic E-state index is 12.4.